The van der Waals surface area contributed by atoms with E-state index < -0.39 is 18.3 Å². The van der Waals surface area contributed by atoms with Crippen LogP contribution < -0.4 is 11.3 Å². The van der Waals surface area contributed by atoms with Crippen molar-refractivity contribution < 1.29 is 9.50 Å². The summed E-state index contributed by atoms with van der Waals surface area (Å²) in [6, 6.07) is 0. The highest BCUT2D eigenvalue weighted by Gasteiger charge is 2.12. The molecule has 1 atom stereocenters. The standard InChI is InChI=1S/C8H10FN5O2/c9-4(2-15)1-14-3-11-5-6(14)12-8(10)13-7(5)16/h3-4,15H,1-2H2,(H3,10,12,13,16). The van der Waals surface area contributed by atoms with E-state index in [4.69, 9.17) is 10.8 Å². The molecule has 0 amide bonds. The van der Waals surface area contributed by atoms with Crippen molar-refractivity contribution in [2.24, 2.45) is 0 Å². The molecule has 0 spiro atoms. The Bertz CT molecular complexity index is 563. The van der Waals surface area contributed by atoms with Gasteiger partial charge in [-0.1, -0.05) is 0 Å². The average molecular weight is 227 g/mol. The van der Waals surface area contributed by atoms with Crippen molar-refractivity contribution in [2.75, 3.05) is 12.3 Å². The van der Waals surface area contributed by atoms with Crippen LogP contribution >= 0.6 is 0 Å². The van der Waals surface area contributed by atoms with E-state index in [-0.39, 0.29) is 23.7 Å². The maximum Gasteiger partial charge on any atom is 0.280 e. The third kappa shape index (κ3) is 1.74. The first-order valence-corrected chi connectivity index (χ1v) is 4.57. The Morgan fingerprint density at radius 2 is 2.44 bits per heavy atom. The van der Waals surface area contributed by atoms with Gasteiger partial charge in [0, 0.05) is 0 Å². The zero-order chi connectivity index (χ0) is 11.7. The van der Waals surface area contributed by atoms with Crippen LogP contribution in [0.2, 0.25) is 0 Å². The molecule has 7 nitrogen and oxygen atoms in total. The summed E-state index contributed by atoms with van der Waals surface area (Å²) in [5.74, 6) is -0.0568. The van der Waals surface area contributed by atoms with Crippen molar-refractivity contribution in [3.8, 4) is 0 Å². The number of aromatic nitrogens is 4. The number of nitrogens with two attached hydrogens (primary N) is 1. The number of aliphatic hydroxyl groups is 1. The zero-order valence-corrected chi connectivity index (χ0v) is 8.22. The molecular weight excluding hydrogens is 217 g/mol. The van der Waals surface area contributed by atoms with E-state index in [1.54, 1.807) is 0 Å². The van der Waals surface area contributed by atoms with Crippen LogP contribution in [0.25, 0.3) is 11.2 Å². The normalized spacial score (nSPS) is 13.1. The second-order valence-electron chi connectivity index (χ2n) is 3.30. The first-order valence-electron chi connectivity index (χ1n) is 4.57. The van der Waals surface area contributed by atoms with Gasteiger partial charge in [-0.15, -0.1) is 0 Å². The van der Waals surface area contributed by atoms with E-state index in [2.05, 4.69) is 15.0 Å². The number of nitrogens with zero attached hydrogens (tertiary/aromatic N) is 3. The van der Waals surface area contributed by atoms with Gasteiger partial charge in [0.15, 0.2) is 11.2 Å². The van der Waals surface area contributed by atoms with Crippen molar-refractivity contribution in [3.63, 3.8) is 0 Å². The molecule has 4 N–H and O–H groups in total. The minimum atomic E-state index is -1.43. The number of aromatic amines is 1. The van der Waals surface area contributed by atoms with E-state index >= 15 is 0 Å². The quantitative estimate of drug-likeness (QED) is 0.625. The number of fused-ring (bicyclic) bond motifs is 1. The van der Waals surface area contributed by atoms with Crippen molar-refractivity contribution in [1.82, 2.24) is 19.5 Å². The Labute approximate surface area is 88.7 Å². The number of hydrogen-bond donors (Lipinski definition) is 3. The van der Waals surface area contributed by atoms with Crippen LogP contribution in [0.3, 0.4) is 0 Å². The van der Waals surface area contributed by atoms with Crippen molar-refractivity contribution in [1.29, 1.82) is 0 Å². The van der Waals surface area contributed by atoms with Gasteiger partial charge in [0.2, 0.25) is 5.95 Å². The van der Waals surface area contributed by atoms with Gasteiger partial charge >= 0.3 is 0 Å². The lowest BCUT2D eigenvalue weighted by atomic mass is 10.4. The molecule has 2 heterocycles. The molecule has 1 unspecified atom stereocenters. The number of imidazole rings is 1. The number of H-pyrrole nitrogens is 1. The topological polar surface area (TPSA) is 110 Å². The molecule has 86 valence electrons. The third-order valence-corrected chi connectivity index (χ3v) is 2.09. The number of alkyl halides is 1. The summed E-state index contributed by atoms with van der Waals surface area (Å²) in [6.45, 7) is -0.721. The highest BCUT2D eigenvalue weighted by molar-refractivity contribution is 5.70. The molecular formula is C8H10FN5O2. The number of hydrogen-bond acceptors (Lipinski definition) is 5. The fraction of sp³-hybridized carbons (Fsp3) is 0.375. The Morgan fingerprint density at radius 1 is 1.69 bits per heavy atom. The van der Waals surface area contributed by atoms with Crippen LogP contribution in [0.4, 0.5) is 10.3 Å². The molecule has 2 rings (SSSR count). The van der Waals surface area contributed by atoms with Gasteiger partial charge in [-0.05, 0) is 0 Å². The van der Waals surface area contributed by atoms with E-state index in [0.29, 0.717) is 0 Å². The first kappa shape index (κ1) is 10.6. The number of rotatable bonds is 3. The molecule has 2 aromatic heterocycles. The van der Waals surface area contributed by atoms with Crippen LogP contribution in [0, 0.1) is 0 Å². The summed E-state index contributed by atoms with van der Waals surface area (Å²) in [7, 11) is 0. The van der Waals surface area contributed by atoms with E-state index in [1.807, 2.05) is 0 Å². The maximum absolute atomic E-state index is 13.0. The number of anilines is 1. The van der Waals surface area contributed by atoms with Gasteiger partial charge in [-0.25, -0.2) is 9.37 Å². The minimum Gasteiger partial charge on any atom is -0.393 e. The summed E-state index contributed by atoms with van der Waals surface area (Å²) in [5.41, 5.74) is 5.20. The van der Waals surface area contributed by atoms with E-state index in [0.717, 1.165) is 0 Å². The van der Waals surface area contributed by atoms with E-state index in [9.17, 15) is 9.18 Å². The molecule has 0 aliphatic rings. The SMILES string of the molecule is Nc1nc2c(ncn2CC(F)CO)c(=O)[nH]1. The molecule has 0 aromatic carbocycles. The van der Waals surface area contributed by atoms with Crippen LogP contribution in [0.1, 0.15) is 0 Å². The Kier molecular flexibility index (Phi) is 2.57. The fourth-order valence-corrected chi connectivity index (χ4v) is 1.38. The second kappa shape index (κ2) is 3.89. The fourth-order valence-electron chi connectivity index (χ4n) is 1.38. The monoisotopic (exact) mass is 227 g/mol. The summed E-state index contributed by atoms with van der Waals surface area (Å²) >= 11 is 0. The molecule has 0 saturated carbocycles. The Morgan fingerprint density at radius 3 is 3.12 bits per heavy atom. The lowest BCUT2D eigenvalue weighted by Gasteiger charge is -2.05. The smallest absolute Gasteiger partial charge is 0.280 e. The predicted molar refractivity (Wildman–Crippen MR) is 54.5 cm³/mol. The largest absolute Gasteiger partial charge is 0.393 e. The van der Waals surface area contributed by atoms with Gasteiger partial charge in [0.1, 0.15) is 6.17 Å². The molecule has 0 radical (unpaired) electrons. The third-order valence-electron chi connectivity index (χ3n) is 2.09. The maximum atomic E-state index is 13.0. The van der Waals surface area contributed by atoms with Crippen molar-refractivity contribution in [2.45, 2.75) is 12.7 Å². The Hall–Kier alpha value is -1.96. The number of halogens is 1. The van der Waals surface area contributed by atoms with Crippen molar-refractivity contribution >= 4 is 17.1 Å². The van der Waals surface area contributed by atoms with Crippen LogP contribution in [-0.4, -0.2) is 37.4 Å². The summed E-state index contributed by atoms with van der Waals surface area (Å²) in [6.07, 6.45) is -0.145. The van der Waals surface area contributed by atoms with E-state index in [1.165, 1.54) is 10.9 Å². The molecule has 8 heteroatoms. The van der Waals surface area contributed by atoms with Gasteiger partial charge < -0.3 is 15.4 Å². The van der Waals surface area contributed by atoms with Crippen molar-refractivity contribution in [3.05, 3.63) is 16.7 Å². The van der Waals surface area contributed by atoms with Gasteiger partial charge in [-0.2, -0.15) is 4.98 Å². The lowest BCUT2D eigenvalue weighted by Crippen LogP contribution is -2.17. The average Bonchev–Trinajstić information content (AvgIpc) is 2.61. The second-order valence-corrected chi connectivity index (χ2v) is 3.30. The summed E-state index contributed by atoms with van der Waals surface area (Å²) in [5, 5.41) is 8.59. The minimum absolute atomic E-state index is 0.0568. The molecule has 0 fully saturated rings. The van der Waals surface area contributed by atoms with Gasteiger partial charge in [-0.3, -0.25) is 9.78 Å². The summed E-state index contributed by atoms with van der Waals surface area (Å²) in [4.78, 5) is 21.3. The molecule has 16 heavy (non-hydrogen) atoms. The van der Waals surface area contributed by atoms with Crippen LogP contribution in [-0.2, 0) is 6.54 Å². The number of aliphatic hydroxyl groups excluding tert-OH is 1. The highest BCUT2D eigenvalue weighted by Crippen LogP contribution is 2.08. The first-order chi connectivity index (χ1) is 7.61. The predicted octanol–water partition coefficient (Wildman–Crippen LogP) is -0.968. The summed E-state index contributed by atoms with van der Waals surface area (Å²) < 4.78 is 14.3. The zero-order valence-electron chi connectivity index (χ0n) is 8.22. The number of nitrogen functional groups attached to an aromatic ring is 1. The van der Waals surface area contributed by atoms with Crippen LogP contribution in [0.5, 0.6) is 0 Å². The molecule has 0 bridgehead atoms. The van der Waals surface area contributed by atoms with Crippen LogP contribution in [0.15, 0.2) is 11.1 Å². The lowest BCUT2D eigenvalue weighted by molar-refractivity contribution is 0.163. The molecule has 0 aliphatic carbocycles. The van der Waals surface area contributed by atoms with Gasteiger partial charge in [0.25, 0.3) is 5.56 Å². The molecule has 2 aromatic rings. The molecule has 0 aliphatic heterocycles. The Balaban J connectivity index is 2.51. The van der Waals surface area contributed by atoms with Gasteiger partial charge in [0.05, 0.1) is 19.5 Å². The number of nitrogens with one attached hydrogen (secondary N) is 1. The highest BCUT2D eigenvalue weighted by atomic mass is 19.1. The molecule has 0 saturated heterocycles.